The third kappa shape index (κ3) is 3.83. The molecule has 2 rings (SSSR count). The molecule has 2 aromatic carbocycles. The van der Waals surface area contributed by atoms with Crippen molar-refractivity contribution in [3.8, 4) is 11.8 Å². The van der Waals surface area contributed by atoms with Crippen molar-refractivity contribution in [2.45, 2.75) is 13.1 Å². The first-order valence-corrected chi connectivity index (χ1v) is 7.04. The van der Waals surface area contributed by atoms with Gasteiger partial charge in [0.05, 0.1) is 18.7 Å². The van der Waals surface area contributed by atoms with Gasteiger partial charge in [-0.15, -0.1) is 0 Å². The summed E-state index contributed by atoms with van der Waals surface area (Å²) in [7, 11) is 1.66. The average Bonchev–Trinajstić information content (AvgIpc) is 2.49. The first-order chi connectivity index (χ1) is 9.72. The molecule has 0 atom stereocenters. The minimum atomic E-state index is 0.687. The van der Waals surface area contributed by atoms with Gasteiger partial charge in [0.1, 0.15) is 5.75 Å². The highest BCUT2D eigenvalue weighted by atomic mass is 79.9. The summed E-state index contributed by atoms with van der Waals surface area (Å²) < 4.78 is 6.27. The van der Waals surface area contributed by atoms with Gasteiger partial charge >= 0.3 is 0 Å². The number of rotatable bonds is 5. The van der Waals surface area contributed by atoms with Crippen molar-refractivity contribution in [1.29, 1.82) is 5.26 Å². The number of benzene rings is 2. The Balaban J connectivity index is 1.97. The number of hydrogen-bond acceptors (Lipinski definition) is 3. The summed E-state index contributed by atoms with van der Waals surface area (Å²) in [5.41, 5.74) is 2.93. The summed E-state index contributed by atoms with van der Waals surface area (Å²) in [4.78, 5) is 0. The minimum Gasteiger partial charge on any atom is -0.497 e. The highest BCUT2D eigenvalue weighted by Crippen LogP contribution is 2.22. The number of halogens is 1. The second-order valence-electron chi connectivity index (χ2n) is 4.37. The lowest BCUT2D eigenvalue weighted by molar-refractivity contribution is 0.414. The van der Waals surface area contributed by atoms with Crippen molar-refractivity contribution in [1.82, 2.24) is 5.32 Å². The maximum atomic E-state index is 8.87. The topological polar surface area (TPSA) is 45.0 Å². The number of hydrogen-bond donors (Lipinski definition) is 1. The molecule has 0 heterocycles. The van der Waals surface area contributed by atoms with Crippen LogP contribution in [0.5, 0.6) is 5.75 Å². The van der Waals surface area contributed by atoms with Crippen LogP contribution in [0, 0.1) is 11.3 Å². The van der Waals surface area contributed by atoms with Crippen LogP contribution in [0.1, 0.15) is 16.7 Å². The molecule has 0 unspecified atom stereocenters. The Hall–Kier alpha value is -1.83. The van der Waals surface area contributed by atoms with E-state index in [-0.39, 0.29) is 0 Å². The summed E-state index contributed by atoms with van der Waals surface area (Å²) in [6, 6.07) is 15.7. The Morgan fingerprint density at radius 1 is 1.20 bits per heavy atom. The number of ether oxygens (including phenoxy) is 1. The molecule has 0 aliphatic rings. The van der Waals surface area contributed by atoms with E-state index in [4.69, 9.17) is 10.00 Å². The van der Waals surface area contributed by atoms with Crippen LogP contribution in [0.2, 0.25) is 0 Å². The van der Waals surface area contributed by atoms with Gasteiger partial charge in [-0.05, 0) is 41.5 Å². The lowest BCUT2D eigenvalue weighted by Crippen LogP contribution is -2.13. The number of nitriles is 1. The van der Waals surface area contributed by atoms with Gasteiger partial charge in [0.15, 0.2) is 0 Å². The Kier molecular flexibility index (Phi) is 5.16. The van der Waals surface area contributed by atoms with Gasteiger partial charge in [0.2, 0.25) is 0 Å². The lowest BCUT2D eigenvalue weighted by atomic mass is 10.1. The molecule has 20 heavy (non-hydrogen) atoms. The fourth-order valence-corrected chi connectivity index (χ4v) is 2.29. The third-order valence-electron chi connectivity index (χ3n) is 2.95. The number of nitrogens with zero attached hydrogens (tertiary/aromatic N) is 1. The van der Waals surface area contributed by atoms with Crippen molar-refractivity contribution in [2.24, 2.45) is 0 Å². The zero-order valence-electron chi connectivity index (χ0n) is 11.2. The van der Waals surface area contributed by atoms with E-state index in [1.54, 1.807) is 7.11 Å². The van der Waals surface area contributed by atoms with Crippen molar-refractivity contribution in [2.75, 3.05) is 7.11 Å². The summed E-state index contributed by atoms with van der Waals surface area (Å²) in [5.74, 6) is 0.844. The average molecular weight is 331 g/mol. The lowest BCUT2D eigenvalue weighted by Gasteiger charge is -2.09. The third-order valence-corrected chi connectivity index (χ3v) is 3.73. The Labute approximate surface area is 127 Å². The Bertz CT molecular complexity index is 635. The molecule has 0 spiro atoms. The largest absolute Gasteiger partial charge is 0.497 e. The van der Waals surface area contributed by atoms with E-state index in [1.165, 1.54) is 0 Å². The fraction of sp³-hybridized carbons (Fsp3) is 0.188. The van der Waals surface area contributed by atoms with E-state index in [0.717, 1.165) is 34.4 Å². The van der Waals surface area contributed by atoms with Crippen LogP contribution < -0.4 is 10.1 Å². The van der Waals surface area contributed by atoms with E-state index < -0.39 is 0 Å². The fourth-order valence-electron chi connectivity index (χ4n) is 1.91. The molecule has 2 aromatic rings. The van der Waals surface area contributed by atoms with Crippen molar-refractivity contribution in [3.63, 3.8) is 0 Å². The van der Waals surface area contributed by atoms with Crippen molar-refractivity contribution in [3.05, 3.63) is 63.6 Å². The predicted molar refractivity (Wildman–Crippen MR) is 82.4 cm³/mol. The monoisotopic (exact) mass is 330 g/mol. The normalized spacial score (nSPS) is 10.1. The molecular weight excluding hydrogens is 316 g/mol. The first-order valence-electron chi connectivity index (χ1n) is 6.25. The van der Waals surface area contributed by atoms with Gasteiger partial charge in [-0.2, -0.15) is 5.26 Å². The van der Waals surface area contributed by atoms with E-state index in [9.17, 15) is 0 Å². The number of methoxy groups -OCH3 is 1. The molecule has 0 saturated heterocycles. The predicted octanol–water partition coefficient (Wildman–Crippen LogP) is 3.62. The van der Waals surface area contributed by atoms with Gasteiger partial charge in [-0.25, -0.2) is 0 Å². The minimum absolute atomic E-state index is 0.687. The van der Waals surface area contributed by atoms with Gasteiger partial charge in [-0.3, -0.25) is 0 Å². The number of nitrogens with one attached hydrogen (secondary N) is 1. The molecule has 0 amide bonds. The first kappa shape index (κ1) is 14.6. The van der Waals surface area contributed by atoms with E-state index in [1.807, 2.05) is 42.5 Å². The Morgan fingerprint density at radius 2 is 2.05 bits per heavy atom. The van der Waals surface area contributed by atoms with Crippen LogP contribution >= 0.6 is 15.9 Å². The molecule has 0 aromatic heterocycles. The molecular formula is C16H15BrN2O. The molecule has 4 heteroatoms. The SMILES string of the molecule is COc1ccc(Br)c(CNCc2cccc(C#N)c2)c1. The molecule has 0 bridgehead atoms. The van der Waals surface area contributed by atoms with Crippen LogP contribution in [0.4, 0.5) is 0 Å². The van der Waals surface area contributed by atoms with Crippen molar-refractivity contribution >= 4 is 15.9 Å². The highest BCUT2D eigenvalue weighted by Gasteiger charge is 2.02. The molecule has 0 radical (unpaired) electrons. The molecule has 0 fully saturated rings. The standard InChI is InChI=1S/C16H15BrN2O/c1-20-15-5-6-16(17)14(8-15)11-19-10-13-4-2-3-12(7-13)9-18/h2-8,19H,10-11H2,1H3. The second kappa shape index (κ2) is 7.09. The molecule has 102 valence electrons. The maximum Gasteiger partial charge on any atom is 0.119 e. The van der Waals surface area contributed by atoms with Crippen LogP contribution in [0.15, 0.2) is 46.9 Å². The maximum absolute atomic E-state index is 8.87. The molecule has 0 aliphatic carbocycles. The van der Waals surface area contributed by atoms with E-state index in [2.05, 4.69) is 27.3 Å². The summed E-state index contributed by atoms with van der Waals surface area (Å²) in [6.45, 7) is 1.45. The van der Waals surface area contributed by atoms with Crippen molar-refractivity contribution < 1.29 is 4.74 Å². The zero-order valence-corrected chi connectivity index (χ0v) is 12.8. The zero-order chi connectivity index (χ0) is 14.4. The van der Waals surface area contributed by atoms with Crippen LogP contribution in [0.25, 0.3) is 0 Å². The highest BCUT2D eigenvalue weighted by molar-refractivity contribution is 9.10. The molecule has 3 nitrogen and oxygen atoms in total. The second-order valence-corrected chi connectivity index (χ2v) is 5.23. The van der Waals surface area contributed by atoms with Gasteiger partial charge in [-0.1, -0.05) is 28.1 Å². The summed E-state index contributed by atoms with van der Waals surface area (Å²) in [6.07, 6.45) is 0. The quantitative estimate of drug-likeness (QED) is 0.910. The van der Waals surface area contributed by atoms with Gasteiger partial charge < -0.3 is 10.1 Å². The van der Waals surface area contributed by atoms with Crippen LogP contribution in [-0.2, 0) is 13.1 Å². The summed E-state index contributed by atoms with van der Waals surface area (Å²) >= 11 is 3.53. The molecule has 1 N–H and O–H groups in total. The van der Waals surface area contributed by atoms with Gasteiger partial charge in [0.25, 0.3) is 0 Å². The Morgan fingerprint density at radius 3 is 2.80 bits per heavy atom. The van der Waals surface area contributed by atoms with E-state index >= 15 is 0 Å². The van der Waals surface area contributed by atoms with Crippen LogP contribution in [-0.4, -0.2) is 7.11 Å². The smallest absolute Gasteiger partial charge is 0.119 e. The van der Waals surface area contributed by atoms with Crippen LogP contribution in [0.3, 0.4) is 0 Å². The van der Waals surface area contributed by atoms with E-state index in [0.29, 0.717) is 5.56 Å². The molecule has 0 saturated carbocycles. The van der Waals surface area contributed by atoms with Gasteiger partial charge in [0, 0.05) is 17.6 Å². The molecule has 0 aliphatic heterocycles. The summed E-state index contributed by atoms with van der Waals surface area (Å²) in [5, 5.41) is 12.2.